The van der Waals surface area contributed by atoms with Gasteiger partial charge in [-0.1, -0.05) is 0 Å². The normalized spacial score (nSPS) is 14.2. The van der Waals surface area contributed by atoms with Crippen molar-refractivity contribution in [1.82, 2.24) is 10.3 Å². The van der Waals surface area contributed by atoms with Crippen molar-refractivity contribution < 1.29 is 13.9 Å². The summed E-state index contributed by atoms with van der Waals surface area (Å²) in [5, 5.41) is 11.1. The number of nitrogens with zero attached hydrogens (tertiary/aromatic N) is 1. The second kappa shape index (κ2) is 4.96. The van der Waals surface area contributed by atoms with Crippen LogP contribution in [0.25, 0.3) is 0 Å². The van der Waals surface area contributed by atoms with E-state index in [1.54, 1.807) is 12.4 Å². The zero-order chi connectivity index (χ0) is 11.5. The summed E-state index contributed by atoms with van der Waals surface area (Å²) in [6.45, 7) is 1.98. The van der Waals surface area contributed by atoms with Crippen molar-refractivity contribution in [3.63, 3.8) is 0 Å². The molecule has 1 aromatic heterocycles. The number of aliphatic hydroxyl groups is 1. The van der Waals surface area contributed by atoms with Crippen LogP contribution in [0, 0.1) is 6.92 Å². The number of nitrogens with one attached hydrogen (secondary N) is 1. The predicted octanol–water partition coefficient (Wildman–Crippen LogP) is 1.73. The topological polar surface area (TPSA) is 45.2 Å². The number of aromatic nitrogens is 1. The molecule has 0 aliphatic heterocycles. The molecule has 1 heterocycles. The molecule has 0 radical (unpaired) electrons. The van der Waals surface area contributed by atoms with E-state index in [0.29, 0.717) is 0 Å². The molecule has 2 N–H and O–H groups in total. The fraction of sp³-hybridized carbons (Fsp3) is 0.667. The van der Waals surface area contributed by atoms with Crippen LogP contribution in [-0.2, 0) is 0 Å². The van der Waals surface area contributed by atoms with Crippen LogP contribution in [0.2, 0.25) is 0 Å². The zero-order valence-electron chi connectivity index (χ0n) is 8.63. The van der Waals surface area contributed by atoms with Gasteiger partial charge in [0.05, 0.1) is 17.7 Å². The molecule has 0 spiro atoms. The molecule has 6 heteroatoms. The lowest BCUT2D eigenvalue weighted by Crippen LogP contribution is -2.37. The van der Waals surface area contributed by atoms with Crippen LogP contribution in [0.3, 0.4) is 0 Å². The van der Waals surface area contributed by atoms with Crippen molar-refractivity contribution in [3.05, 3.63) is 16.1 Å². The lowest BCUT2D eigenvalue weighted by molar-refractivity contribution is -0.0490. The summed E-state index contributed by atoms with van der Waals surface area (Å²) >= 11 is 1.43. The Morgan fingerprint density at radius 1 is 1.67 bits per heavy atom. The first-order chi connectivity index (χ1) is 6.96. The molecule has 0 bridgehead atoms. The number of hydrogen-bond acceptors (Lipinski definition) is 4. The Balaban J connectivity index is 2.50. The number of aryl methyl sites for hydroxylation is 1. The molecule has 0 saturated heterocycles. The van der Waals surface area contributed by atoms with Gasteiger partial charge >= 0.3 is 0 Å². The highest BCUT2D eigenvalue weighted by Crippen LogP contribution is 2.22. The largest absolute Gasteiger partial charge is 0.390 e. The van der Waals surface area contributed by atoms with Gasteiger partial charge in [-0.3, -0.25) is 0 Å². The molecule has 1 atom stereocenters. The van der Waals surface area contributed by atoms with Gasteiger partial charge in [0.15, 0.2) is 0 Å². The molecule has 3 nitrogen and oxygen atoms in total. The number of alkyl halides is 2. The first-order valence-corrected chi connectivity index (χ1v) is 5.46. The van der Waals surface area contributed by atoms with Crippen LogP contribution in [0.5, 0.6) is 0 Å². The van der Waals surface area contributed by atoms with Crippen molar-refractivity contribution in [2.75, 3.05) is 13.2 Å². The average Bonchev–Trinajstić information content (AvgIpc) is 2.61. The van der Waals surface area contributed by atoms with E-state index in [-0.39, 0.29) is 6.04 Å². The molecule has 0 fully saturated rings. The minimum Gasteiger partial charge on any atom is -0.390 e. The molecule has 15 heavy (non-hydrogen) atoms. The number of hydrogen-bond donors (Lipinski definition) is 2. The molecule has 1 rings (SSSR count). The third kappa shape index (κ3) is 3.48. The van der Waals surface area contributed by atoms with E-state index in [1.165, 1.54) is 11.3 Å². The van der Waals surface area contributed by atoms with E-state index < -0.39 is 19.1 Å². The smallest absolute Gasteiger partial charge is 0.282 e. The minimum atomic E-state index is -3.06. The first-order valence-electron chi connectivity index (χ1n) is 4.58. The van der Waals surface area contributed by atoms with Gasteiger partial charge in [-0.05, 0) is 13.8 Å². The fourth-order valence-electron chi connectivity index (χ4n) is 1.18. The summed E-state index contributed by atoms with van der Waals surface area (Å²) in [4.78, 5) is 4.99. The molecular weight excluding hydrogens is 222 g/mol. The SMILES string of the molecule is Cc1ncsc1C(C)NCC(F)(F)CO. The van der Waals surface area contributed by atoms with E-state index in [2.05, 4.69) is 10.3 Å². The van der Waals surface area contributed by atoms with Gasteiger partial charge in [-0.15, -0.1) is 11.3 Å². The molecule has 86 valence electrons. The third-order valence-corrected chi connectivity index (χ3v) is 3.19. The number of aliphatic hydroxyl groups excluding tert-OH is 1. The average molecular weight is 236 g/mol. The Morgan fingerprint density at radius 2 is 2.33 bits per heavy atom. The van der Waals surface area contributed by atoms with Crippen molar-refractivity contribution in [2.24, 2.45) is 0 Å². The highest BCUT2D eigenvalue weighted by Gasteiger charge is 2.28. The van der Waals surface area contributed by atoms with Crippen molar-refractivity contribution in [3.8, 4) is 0 Å². The predicted molar refractivity (Wildman–Crippen MR) is 55.3 cm³/mol. The lowest BCUT2D eigenvalue weighted by Gasteiger charge is -2.18. The van der Waals surface area contributed by atoms with Crippen LogP contribution in [0.4, 0.5) is 8.78 Å². The molecule has 0 aliphatic carbocycles. The molecule has 0 amide bonds. The molecule has 0 saturated carbocycles. The van der Waals surface area contributed by atoms with E-state index in [9.17, 15) is 8.78 Å². The zero-order valence-corrected chi connectivity index (χ0v) is 9.44. The van der Waals surface area contributed by atoms with Crippen LogP contribution in [-0.4, -0.2) is 29.2 Å². The maximum Gasteiger partial charge on any atom is 0.282 e. The maximum atomic E-state index is 12.7. The van der Waals surface area contributed by atoms with Gasteiger partial charge < -0.3 is 10.4 Å². The van der Waals surface area contributed by atoms with Crippen molar-refractivity contribution in [2.45, 2.75) is 25.8 Å². The number of thiazole rings is 1. The summed E-state index contributed by atoms with van der Waals surface area (Å²) in [6.07, 6.45) is 0. The minimum absolute atomic E-state index is 0.171. The summed E-state index contributed by atoms with van der Waals surface area (Å²) < 4.78 is 25.5. The fourth-order valence-corrected chi connectivity index (χ4v) is 2.01. The van der Waals surface area contributed by atoms with Crippen molar-refractivity contribution in [1.29, 1.82) is 0 Å². The molecule has 1 aromatic rings. The van der Waals surface area contributed by atoms with E-state index in [4.69, 9.17) is 5.11 Å². The number of rotatable bonds is 5. The van der Waals surface area contributed by atoms with Crippen LogP contribution < -0.4 is 5.32 Å². The summed E-state index contributed by atoms with van der Waals surface area (Å²) in [6, 6.07) is -0.171. The monoisotopic (exact) mass is 236 g/mol. The summed E-state index contributed by atoms with van der Waals surface area (Å²) in [5.41, 5.74) is 2.54. The lowest BCUT2D eigenvalue weighted by atomic mass is 10.2. The van der Waals surface area contributed by atoms with Crippen molar-refractivity contribution >= 4 is 11.3 Å². The Bertz CT molecular complexity index is 317. The van der Waals surface area contributed by atoms with Gasteiger partial charge in [-0.2, -0.15) is 0 Å². The Kier molecular flexibility index (Phi) is 4.12. The third-order valence-electron chi connectivity index (χ3n) is 2.07. The Hall–Kier alpha value is -0.590. The van der Waals surface area contributed by atoms with E-state index in [1.807, 2.05) is 6.92 Å². The molecule has 1 unspecified atom stereocenters. The highest BCUT2D eigenvalue weighted by molar-refractivity contribution is 7.09. The number of halogens is 2. The second-order valence-electron chi connectivity index (χ2n) is 3.42. The Labute approximate surface area is 91.2 Å². The van der Waals surface area contributed by atoms with Crippen LogP contribution >= 0.6 is 11.3 Å². The van der Waals surface area contributed by atoms with Gasteiger partial charge in [0.25, 0.3) is 5.92 Å². The van der Waals surface area contributed by atoms with Crippen LogP contribution in [0.15, 0.2) is 5.51 Å². The maximum absolute atomic E-state index is 12.7. The molecular formula is C9H14F2N2OS. The first kappa shape index (κ1) is 12.5. The molecule has 0 aromatic carbocycles. The van der Waals surface area contributed by atoms with Gasteiger partial charge in [0, 0.05) is 10.9 Å². The summed E-state index contributed by atoms with van der Waals surface area (Å²) in [5.74, 6) is -3.06. The van der Waals surface area contributed by atoms with E-state index in [0.717, 1.165) is 10.6 Å². The standard InChI is InChI=1S/C9H14F2N2OS/c1-6(8-7(2)13-5-15-8)12-3-9(10,11)4-14/h5-6,12,14H,3-4H2,1-2H3. The van der Waals surface area contributed by atoms with Gasteiger partial charge in [0.2, 0.25) is 0 Å². The Morgan fingerprint density at radius 3 is 2.80 bits per heavy atom. The highest BCUT2D eigenvalue weighted by atomic mass is 32.1. The van der Waals surface area contributed by atoms with Crippen LogP contribution in [0.1, 0.15) is 23.5 Å². The second-order valence-corrected chi connectivity index (χ2v) is 4.31. The molecule has 0 aliphatic rings. The van der Waals surface area contributed by atoms with Gasteiger partial charge in [-0.25, -0.2) is 13.8 Å². The van der Waals surface area contributed by atoms with E-state index >= 15 is 0 Å². The van der Waals surface area contributed by atoms with Gasteiger partial charge in [0.1, 0.15) is 6.61 Å². The summed E-state index contributed by atoms with van der Waals surface area (Å²) in [7, 11) is 0. The quantitative estimate of drug-likeness (QED) is 0.818.